The third-order valence-electron chi connectivity index (χ3n) is 5.64. The average molecular weight is 440 g/mol. The number of aliphatic carboxylic acids is 2. The van der Waals surface area contributed by atoms with Crippen LogP contribution < -0.4 is 11.1 Å². The number of Topliss-reactive ketones (excluding diaryl/α,β-unsaturated/α-hetero) is 1. The minimum absolute atomic E-state index is 0.0227. The maximum absolute atomic E-state index is 13.0. The fraction of sp³-hybridized carbons (Fsp3) is 0.304. The van der Waals surface area contributed by atoms with Crippen molar-refractivity contribution in [2.45, 2.75) is 31.5 Å². The number of hydrogen-bond acceptors (Lipinski definition) is 6. The van der Waals surface area contributed by atoms with Gasteiger partial charge in [-0.15, -0.1) is 0 Å². The summed E-state index contributed by atoms with van der Waals surface area (Å²) in [6, 6.07) is 14.9. The zero-order valence-electron chi connectivity index (χ0n) is 17.1. The number of rotatable bonds is 10. The lowest BCUT2D eigenvalue weighted by atomic mass is 9.84. The van der Waals surface area contributed by atoms with E-state index in [2.05, 4.69) is 5.32 Å². The molecule has 9 nitrogen and oxygen atoms in total. The van der Waals surface area contributed by atoms with E-state index >= 15 is 0 Å². The van der Waals surface area contributed by atoms with E-state index < -0.39 is 47.2 Å². The first kappa shape index (κ1) is 23.0. The summed E-state index contributed by atoms with van der Waals surface area (Å²) in [4.78, 5) is 48.8. The summed E-state index contributed by atoms with van der Waals surface area (Å²) < 4.78 is 5.08. The molecule has 2 aromatic rings. The molecule has 1 aliphatic carbocycles. The average Bonchev–Trinajstić information content (AvgIpc) is 3.51. The van der Waals surface area contributed by atoms with Crippen molar-refractivity contribution in [1.82, 2.24) is 5.32 Å². The summed E-state index contributed by atoms with van der Waals surface area (Å²) in [6.07, 6.45) is -1.09. The summed E-state index contributed by atoms with van der Waals surface area (Å²) in [5, 5.41) is 21.7. The lowest BCUT2D eigenvalue weighted by Gasteiger charge is -2.23. The highest BCUT2D eigenvalue weighted by molar-refractivity contribution is 6.11. The SMILES string of the molecule is N[C@H](C(=O)C1(C(=O)O)CC1NC(=O)OCc1ccccc1)C(Cc1ccccc1)C(=O)O. The topological polar surface area (TPSA) is 156 Å². The maximum atomic E-state index is 13.0. The lowest BCUT2D eigenvalue weighted by molar-refractivity contribution is -0.152. The van der Waals surface area contributed by atoms with Crippen molar-refractivity contribution in [2.75, 3.05) is 0 Å². The van der Waals surface area contributed by atoms with Gasteiger partial charge < -0.3 is 26.0 Å². The standard InChI is InChI=1S/C23H24N2O7/c24-18(16(20(27)28)11-14-7-3-1-4-8-14)19(26)23(21(29)30)12-17(23)25-22(31)32-13-15-9-5-2-6-10-15/h1-10,16-18H,11-13,24H2,(H,25,31)(H,27,28)(H,29,30)/t16?,17?,18-,23?/m0/s1. The molecule has 5 N–H and O–H groups in total. The number of carboxylic acids is 2. The first-order valence-electron chi connectivity index (χ1n) is 10.0. The summed E-state index contributed by atoms with van der Waals surface area (Å²) in [5.41, 5.74) is 5.38. The molecule has 168 valence electrons. The maximum Gasteiger partial charge on any atom is 0.407 e. The van der Waals surface area contributed by atoms with Crippen molar-refractivity contribution in [3.8, 4) is 0 Å². The molecule has 0 spiro atoms. The molecule has 1 saturated carbocycles. The van der Waals surface area contributed by atoms with Gasteiger partial charge in [-0.2, -0.15) is 0 Å². The molecule has 0 aromatic heterocycles. The van der Waals surface area contributed by atoms with Crippen LogP contribution >= 0.6 is 0 Å². The Bertz CT molecular complexity index is 996. The van der Waals surface area contributed by atoms with Crippen molar-refractivity contribution in [2.24, 2.45) is 17.1 Å². The van der Waals surface area contributed by atoms with E-state index in [4.69, 9.17) is 10.5 Å². The number of carbonyl (C=O) groups is 4. The minimum atomic E-state index is -1.98. The number of nitrogens with two attached hydrogens (primary N) is 1. The molecule has 0 aliphatic heterocycles. The summed E-state index contributed by atoms with van der Waals surface area (Å²) in [6.45, 7) is -0.0227. The van der Waals surface area contributed by atoms with Crippen molar-refractivity contribution >= 4 is 23.8 Å². The van der Waals surface area contributed by atoms with Crippen LogP contribution in [0.1, 0.15) is 17.5 Å². The Morgan fingerprint density at radius 2 is 1.56 bits per heavy atom. The molecule has 0 heterocycles. The van der Waals surface area contributed by atoms with E-state index in [-0.39, 0.29) is 19.4 Å². The van der Waals surface area contributed by atoms with Crippen LogP contribution in [0.15, 0.2) is 60.7 Å². The molecule has 0 radical (unpaired) electrons. The van der Waals surface area contributed by atoms with Crippen molar-refractivity contribution < 1.29 is 34.1 Å². The second kappa shape index (κ2) is 9.61. The molecular weight excluding hydrogens is 416 g/mol. The van der Waals surface area contributed by atoms with Crippen LogP contribution in [0.25, 0.3) is 0 Å². The highest BCUT2D eigenvalue weighted by Crippen LogP contribution is 2.48. The van der Waals surface area contributed by atoms with Gasteiger partial charge in [-0.3, -0.25) is 14.4 Å². The molecule has 3 unspecified atom stereocenters. The minimum Gasteiger partial charge on any atom is -0.481 e. The molecule has 0 saturated heterocycles. The molecule has 4 atom stereocenters. The number of hydrogen-bond donors (Lipinski definition) is 4. The molecule has 9 heteroatoms. The molecule has 3 rings (SSSR count). The largest absolute Gasteiger partial charge is 0.481 e. The van der Waals surface area contributed by atoms with Gasteiger partial charge in [-0.1, -0.05) is 60.7 Å². The highest BCUT2D eigenvalue weighted by Gasteiger charge is 2.68. The van der Waals surface area contributed by atoms with Gasteiger partial charge in [0.25, 0.3) is 0 Å². The van der Waals surface area contributed by atoms with Crippen molar-refractivity contribution in [3.63, 3.8) is 0 Å². The number of ketones is 1. The van der Waals surface area contributed by atoms with E-state index in [0.29, 0.717) is 5.56 Å². The van der Waals surface area contributed by atoms with E-state index in [1.807, 2.05) is 6.07 Å². The van der Waals surface area contributed by atoms with Gasteiger partial charge in [0, 0.05) is 0 Å². The van der Waals surface area contributed by atoms with E-state index in [9.17, 15) is 29.4 Å². The smallest absolute Gasteiger partial charge is 0.407 e. The number of benzene rings is 2. The normalized spacial score (nSPS) is 21.1. The number of amides is 1. The summed E-state index contributed by atoms with van der Waals surface area (Å²) >= 11 is 0. The highest BCUT2D eigenvalue weighted by atomic mass is 16.5. The van der Waals surface area contributed by atoms with Gasteiger partial charge in [0.05, 0.1) is 18.0 Å². The van der Waals surface area contributed by atoms with Gasteiger partial charge in [0.15, 0.2) is 5.78 Å². The van der Waals surface area contributed by atoms with Gasteiger partial charge in [0.2, 0.25) is 0 Å². The number of alkyl carbamates (subject to hydrolysis) is 1. The van der Waals surface area contributed by atoms with Crippen molar-refractivity contribution in [3.05, 3.63) is 71.8 Å². The predicted molar refractivity (Wildman–Crippen MR) is 112 cm³/mol. The molecule has 0 bridgehead atoms. The van der Waals surface area contributed by atoms with Crippen LogP contribution in [-0.4, -0.2) is 46.1 Å². The Kier molecular flexibility index (Phi) is 6.89. The number of carbonyl (C=O) groups excluding carboxylic acids is 2. The molecule has 1 amide bonds. The Hall–Kier alpha value is -3.72. The van der Waals surface area contributed by atoms with E-state index in [0.717, 1.165) is 5.56 Å². The Morgan fingerprint density at radius 3 is 2.09 bits per heavy atom. The van der Waals surface area contributed by atoms with E-state index in [1.54, 1.807) is 54.6 Å². The molecule has 1 aliphatic rings. The van der Waals surface area contributed by atoms with Crippen LogP contribution in [0.2, 0.25) is 0 Å². The van der Waals surface area contributed by atoms with Crippen LogP contribution in [0, 0.1) is 11.3 Å². The fourth-order valence-electron chi connectivity index (χ4n) is 3.67. The Balaban J connectivity index is 1.66. The predicted octanol–water partition coefficient (Wildman–Crippen LogP) is 1.60. The third kappa shape index (κ3) is 4.94. The first-order valence-corrected chi connectivity index (χ1v) is 10.0. The third-order valence-corrected chi connectivity index (χ3v) is 5.64. The van der Waals surface area contributed by atoms with Gasteiger partial charge in [-0.25, -0.2) is 4.79 Å². The summed E-state index contributed by atoms with van der Waals surface area (Å²) in [7, 11) is 0. The summed E-state index contributed by atoms with van der Waals surface area (Å²) in [5.74, 6) is -5.01. The number of ether oxygens (including phenoxy) is 1. The van der Waals surface area contributed by atoms with Crippen LogP contribution in [-0.2, 0) is 32.1 Å². The number of carboxylic acid groups (broad SMARTS) is 2. The molecule has 2 aromatic carbocycles. The number of nitrogens with one attached hydrogen (secondary N) is 1. The molecular formula is C23H24N2O7. The second-order valence-electron chi connectivity index (χ2n) is 7.76. The molecule has 1 fully saturated rings. The quantitative estimate of drug-likeness (QED) is 0.406. The van der Waals surface area contributed by atoms with Crippen molar-refractivity contribution in [1.29, 1.82) is 0 Å². The van der Waals surface area contributed by atoms with Gasteiger partial charge in [-0.05, 0) is 24.0 Å². The van der Waals surface area contributed by atoms with Gasteiger partial charge in [0.1, 0.15) is 12.0 Å². The second-order valence-corrected chi connectivity index (χ2v) is 7.76. The van der Waals surface area contributed by atoms with Crippen LogP contribution in [0.4, 0.5) is 4.79 Å². The Labute approximate surface area is 184 Å². The lowest BCUT2D eigenvalue weighted by Crippen LogP contribution is -2.50. The first-order chi connectivity index (χ1) is 15.3. The zero-order valence-corrected chi connectivity index (χ0v) is 17.1. The van der Waals surface area contributed by atoms with Gasteiger partial charge >= 0.3 is 18.0 Å². The zero-order chi connectivity index (χ0) is 23.3. The van der Waals surface area contributed by atoms with Crippen LogP contribution in [0.5, 0.6) is 0 Å². The van der Waals surface area contributed by atoms with E-state index in [1.165, 1.54) is 0 Å². The fourth-order valence-corrected chi connectivity index (χ4v) is 3.67. The monoisotopic (exact) mass is 440 g/mol. The molecule has 32 heavy (non-hydrogen) atoms. The Morgan fingerprint density at radius 1 is 1.00 bits per heavy atom. The van der Waals surface area contributed by atoms with Crippen LogP contribution in [0.3, 0.4) is 0 Å².